The highest BCUT2D eigenvalue weighted by molar-refractivity contribution is 5.61. The van der Waals surface area contributed by atoms with Gasteiger partial charge in [-0.05, 0) is 12.1 Å². The molecule has 0 bridgehead atoms. The van der Waals surface area contributed by atoms with E-state index >= 15 is 0 Å². The van der Waals surface area contributed by atoms with Crippen LogP contribution in [0.3, 0.4) is 0 Å². The topological polar surface area (TPSA) is 39.7 Å². The van der Waals surface area contributed by atoms with E-state index in [9.17, 15) is 0 Å². The van der Waals surface area contributed by atoms with Gasteiger partial charge in [0.05, 0.1) is 26.4 Å². The third kappa shape index (κ3) is 3.00. The molecule has 1 aliphatic rings. The van der Waals surface area contributed by atoms with Crippen molar-refractivity contribution in [2.45, 2.75) is 6.54 Å². The van der Waals surface area contributed by atoms with Crippen molar-refractivity contribution in [1.29, 1.82) is 0 Å². The predicted molar refractivity (Wildman–Crippen MR) is 81.1 cm³/mol. The summed E-state index contributed by atoms with van der Waals surface area (Å²) in [6, 6.07) is 7.88. The van der Waals surface area contributed by atoms with E-state index in [1.54, 1.807) is 13.4 Å². The summed E-state index contributed by atoms with van der Waals surface area (Å²) in [7, 11) is 3.67. The molecule has 0 amide bonds. The molecule has 116 valence electrons. The Morgan fingerprint density at radius 2 is 2.23 bits per heavy atom. The largest absolute Gasteiger partial charge is 0.495 e. The van der Waals surface area contributed by atoms with Gasteiger partial charge in [-0.25, -0.2) is 9.13 Å². The van der Waals surface area contributed by atoms with Crippen molar-refractivity contribution in [2.75, 3.05) is 25.3 Å². The smallest absolute Gasteiger partial charge is 0.243 e. The quantitative estimate of drug-likeness (QED) is 0.761. The van der Waals surface area contributed by atoms with Crippen molar-refractivity contribution in [3.05, 3.63) is 55.1 Å². The zero-order chi connectivity index (χ0) is 15.4. The molecule has 0 saturated carbocycles. The minimum atomic E-state index is 0.249. The Balaban J connectivity index is 1.83. The number of benzene rings is 1. The third-order valence-electron chi connectivity index (χ3n) is 3.51. The summed E-state index contributed by atoms with van der Waals surface area (Å²) in [5.74, 6) is 1.50. The van der Waals surface area contributed by atoms with E-state index in [0.29, 0.717) is 5.88 Å². The Hall–Kier alpha value is -2.63. The van der Waals surface area contributed by atoms with Crippen molar-refractivity contribution in [3.8, 4) is 5.75 Å². The molecule has 0 radical (unpaired) electrons. The second kappa shape index (κ2) is 6.43. The lowest BCUT2D eigenvalue weighted by atomic mass is 10.2. The molecule has 2 aromatic rings. The lowest BCUT2D eigenvalue weighted by Gasteiger charge is -2.24. The van der Waals surface area contributed by atoms with E-state index in [4.69, 9.17) is 14.2 Å². The maximum Gasteiger partial charge on any atom is 0.243 e. The number of methoxy groups -OCH3 is 1. The first-order chi connectivity index (χ1) is 10.8. The zero-order valence-electron chi connectivity index (χ0n) is 12.8. The minimum Gasteiger partial charge on any atom is -0.495 e. The van der Waals surface area contributed by atoms with Crippen molar-refractivity contribution >= 4 is 5.69 Å². The van der Waals surface area contributed by atoms with Gasteiger partial charge in [0, 0.05) is 0 Å². The van der Waals surface area contributed by atoms with Crippen molar-refractivity contribution < 1.29 is 18.8 Å². The van der Waals surface area contributed by atoms with Gasteiger partial charge in [-0.1, -0.05) is 12.1 Å². The van der Waals surface area contributed by atoms with Gasteiger partial charge in [0.25, 0.3) is 0 Å². The van der Waals surface area contributed by atoms with Crippen LogP contribution in [0.1, 0.15) is 0 Å². The second-order valence-corrected chi connectivity index (χ2v) is 5.03. The fourth-order valence-electron chi connectivity index (χ4n) is 2.43. The van der Waals surface area contributed by atoms with Crippen LogP contribution in [0.2, 0.25) is 0 Å². The van der Waals surface area contributed by atoms with Crippen molar-refractivity contribution in [2.24, 2.45) is 7.05 Å². The summed E-state index contributed by atoms with van der Waals surface area (Å²) in [6.07, 6.45) is 7.74. The molecule has 0 atom stereocenters. The highest BCUT2D eigenvalue weighted by Crippen LogP contribution is 2.31. The fourth-order valence-corrected chi connectivity index (χ4v) is 2.43. The van der Waals surface area contributed by atoms with Crippen molar-refractivity contribution in [1.82, 2.24) is 4.57 Å². The summed E-state index contributed by atoms with van der Waals surface area (Å²) in [5, 5.41) is 0. The number of aromatic nitrogens is 2. The molecule has 1 aromatic heterocycles. The first-order valence-corrected chi connectivity index (χ1v) is 7.14. The van der Waals surface area contributed by atoms with Crippen LogP contribution in [0.15, 0.2) is 55.1 Å². The van der Waals surface area contributed by atoms with E-state index in [2.05, 4.69) is 9.47 Å². The Labute approximate surface area is 129 Å². The molecule has 1 aromatic carbocycles. The Kier molecular flexibility index (Phi) is 4.18. The number of para-hydroxylation sites is 2. The van der Waals surface area contributed by atoms with Crippen LogP contribution in [0.4, 0.5) is 5.69 Å². The van der Waals surface area contributed by atoms with Gasteiger partial charge in [-0.15, -0.1) is 0 Å². The number of aryl methyl sites for hydroxylation is 1. The van der Waals surface area contributed by atoms with E-state index in [0.717, 1.165) is 24.5 Å². The second-order valence-electron chi connectivity index (χ2n) is 5.03. The normalized spacial score (nSPS) is 13.3. The van der Waals surface area contributed by atoms with Gasteiger partial charge < -0.3 is 19.1 Å². The molecule has 0 aliphatic carbocycles. The van der Waals surface area contributed by atoms with Crippen LogP contribution < -0.4 is 14.2 Å². The molecule has 0 spiro atoms. The molecular weight excluding hydrogens is 282 g/mol. The van der Waals surface area contributed by atoms with Crippen LogP contribution in [-0.4, -0.2) is 25.0 Å². The van der Waals surface area contributed by atoms with Crippen LogP contribution >= 0.6 is 0 Å². The number of imidazole rings is 1. The van der Waals surface area contributed by atoms with E-state index in [-0.39, 0.29) is 6.79 Å². The summed E-state index contributed by atoms with van der Waals surface area (Å²) >= 11 is 0. The van der Waals surface area contributed by atoms with Crippen molar-refractivity contribution in [3.63, 3.8) is 0 Å². The summed E-state index contributed by atoms with van der Waals surface area (Å²) in [4.78, 5) is 2.06. The van der Waals surface area contributed by atoms with E-state index < -0.39 is 0 Å². The zero-order valence-corrected chi connectivity index (χ0v) is 12.8. The number of rotatable bonds is 6. The first kappa shape index (κ1) is 14.3. The average Bonchev–Trinajstić information content (AvgIpc) is 3.20. The summed E-state index contributed by atoms with van der Waals surface area (Å²) < 4.78 is 20.4. The lowest BCUT2D eigenvalue weighted by molar-refractivity contribution is -0.693. The molecule has 0 N–H and O–H groups in total. The number of hydrogen-bond donors (Lipinski definition) is 0. The first-order valence-electron chi connectivity index (χ1n) is 7.14. The summed E-state index contributed by atoms with van der Waals surface area (Å²) in [5.41, 5.74) is 0.957. The number of anilines is 1. The molecule has 0 fully saturated rings. The van der Waals surface area contributed by atoms with Gasteiger partial charge in [0.1, 0.15) is 31.0 Å². The van der Waals surface area contributed by atoms with Gasteiger partial charge in [0.2, 0.25) is 19.0 Å². The van der Waals surface area contributed by atoms with Gasteiger partial charge in [-0.3, -0.25) is 0 Å². The molecule has 1 aliphatic heterocycles. The molecular formula is C16H20N3O3+. The number of ether oxygens (including phenoxy) is 3. The Bertz CT molecular complexity index is 666. The molecule has 6 nitrogen and oxygen atoms in total. The maximum absolute atomic E-state index is 5.56. The lowest BCUT2D eigenvalue weighted by Crippen LogP contribution is -2.39. The Morgan fingerprint density at radius 3 is 2.91 bits per heavy atom. The molecule has 0 unspecified atom stereocenters. The van der Waals surface area contributed by atoms with Crippen LogP contribution in [-0.2, 0) is 23.1 Å². The molecule has 22 heavy (non-hydrogen) atoms. The highest BCUT2D eigenvalue weighted by Gasteiger charge is 2.21. The predicted octanol–water partition coefficient (Wildman–Crippen LogP) is 1.63. The molecule has 2 heterocycles. The molecule has 3 rings (SSSR count). The van der Waals surface area contributed by atoms with Gasteiger partial charge in [0.15, 0.2) is 0 Å². The summed E-state index contributed by atoms with van der Waals surface area (Å²) in [6.45, 7) is 1.81. The SMILES string of the molecule is COc1ccccc1N(CC[n+]1ccn(C)c1)C1=COCO1. The highest BCUT2D eigenvalue weighted by atomic mass is 16.7. The minimum absolute atomic E-state index is 0.249. The van der Waals surface area contributed by atoms with E-state index in [1.165, 1.54) is 0 Å². The maximum atomic E-state index is 5.56. The Morgan fingerprint density at radius 1 is 1.36 bits per heavy atom. The molecule has 0 saturated heterocycles. The number of nitrogens with zero attached hydrogens (tertiary/aromatic N) is 3. The standard InChI is InChI=1S/C16H20N3O3/c1-17-7-8-18(12-17)9-10-19(16-11-21-13-22-16)14-5-3-4-6-15(14)20-2/h3-8,11-12H,9-10,13H2,1-2H3/q+1. The number of hydrogen-bond acceptors (Lipinski definition) is 4. The molecule has 6 heteroatoms. The van der Waals surface area contributed by atoms with Gasteiger partial charge >= 0.3 is 0 Å². The van der Waals surface area contributed by atoms with Crippen LogP contribution in [0.25, 0.3) is 0 Å². The average molecular weight is 302 g/mol. The fraction of sp³-hybridized carbons (Fsp3) is 0.312. The van der Waals surface area contributed by atoms with E-state index in [1.807, 2.05) is 54.6 Å². The van der Waals surface area contributed by atoms with Gasteiger partial charge in [-0.2, -0.15) is 0 Å². The third-order valence-corrected chi connectivity index (χ3v) is 3.51. The van der Waals surface area contributed by atoms with Crippen LogP contribution in [0.5, 0.6) is 5.75 Å². The van der Waals surface area contributed by atoms with Crippen LogP contribution in [0, 0.1) is 0 Å². The monoisotopic (exact) mass is 302 g/mol.